The summed E-state index contributed by atoms with van der Waals surface area (Å²) in [6.07, 6.45) is 9.54. The summed E-state index contributed by atoms with van der Waals surface area (Å²) in [5, 5.41) is 0. The molecule has 0 spiro atoms. The van der Waals surface area contributed by atoms with Gasteiger partial charge in [0.25, 0.3) is 0 Å². The number of rotatable bonds is 7. The van der Waals surface area contributed by atoms with Gasteiger partial charge in [-0.3, -0.25) is 0 Å². The van der Waals surface area contributed by atoms with Crippen LogP contribution in [0.5, 0.6) is 0 Å². The van der Waals surface area contributed by atoms with Crippen molar-refractivity contribution in [1.82, 2.24) is 0 Å². The van der Waals surface area contributed by atoms with Gasteiger partial charge in [-0.05, 0) is 184 Å². The molecule has 12 rings (SSSR count). The van der Waals surface area contributed by atoms with Crippen molar-refractivity contribution in [3.63, 3.8) is 0 Å². The quantitative estimate of drug-likeness (QED) is 0.149. The molecule has 77 heavy (non-hydrogen) atoms. The third-order valence-corrected chi connectivity index (χ3v) is 17.0. The van der Waals surface area contributed by atoms with Gasteiger partial charge in [-0.25, -0.2) is 0 Å². The van der Waals surface area contributed by atoms with E-state index in [1.54, 1.807) is 0 Å². The van der Waals surface area contributed by atoms with Crippen LogP contribution in [0.2, 0.25) is 0 Å². The van der Waals surface area contributed by atoms with Crippen LogP contribution in [0.25, 0.3) is 55.6 Å². The van der Waals surface area contributed by atoms with Crippen molar-refractivity contribution >= 4 is 0 Å². The molecular formula is C77H86. The maximum Gasteiger partial charge on any atom is 0.0159 e. The Kier molecular flexibility index (Phi) is 18.2. The second-order valence-electron chi connectivity index (χ2n) is 23.3. The van der Waals surface area contributed by atoms with Crippen molar-refractivity contribution < 1.29 is 0 Å². The van der Waals surface area contributed by atoms with Gasteiger partial charge >= 0.3 is 0 Å². The van der Waals surface area contributed by atoms with Gasteiger partial charge in [0.05, 0.1) is 0 Å². The van der Waals surface area contributed by atoms with E-state index in [0.29, 0.717) is 5.92 Å². The fraction of sp³-hybridized carbons (Fsp3) is 0.299. The van der Waals surface area contributed by atoms with E-state index in [4.69, 9.17) is 0 Å². The molecule has 9 aromatic carbocycles. The van der Waals surface area contributed by atoms with E-state index in [-0.39, 0.29) is 10.8 Å². The standard InChI is InChI=1S/C33H34.C18H20.C15H16.C7H8.C4H8/c1-7-22(3)26-10-8-9-11-27(26)30-19-24(14-13-23(30)4)25-15-17-29-28-16-12-21(2)18-31(28)33(5,6)32(29)20-25;1-4-7-13-10-11-15-14-8-5-6-9-16(14)18(2,3)17(15)12-13;1-11-8-6-10-15(13(11)3)14-9-5-4-7-12(14)2;1-7-5-3-2-4-6-7;1-2-4-3-1/h8-20,22H,7H2,1-6H3;5-6,8-12H,4,7H2,1-3H3;4-10H,1-3H3;2-6H,1H3;1-4H2. The third kappa shape index (κ3) is 12.6. The Morgan fingerprint density at radius 1 is 0.364 bits per heavy atom. The molecule has 0 aliphatic heterocycles. The molecule has 9 aromatic rings. The Bertz CT molecular complexity index is 3420. The smallest absolute Gasteiger partial charge is 0.0159 e. The van der Waals surface area contributed by atoms with Gasteiger partial charge in [0, 0.05) is 10.8 Å². The van der Waals surface area contributed by atoms with Gasteiger partial charge in [0.2, 0.25) is 0 Å². The van der Waals surface area contributed by atoms with Gasteiger partial charge in [-0.15, -0.1) is 0 Å². The molecule has 0 amide bonds. The summed E-state index contributed by atoms with van der Waals surface area (Å²) >= 11 is 0. The third-order valence-electron chi connectivity index (χ3n) is 17.0. The van der Waals surface area contributed by atoms with Crippen LogP contribution in [0.4, 0.5) is 0 Å². The highest BCUT2D eigenvalue weighted by Crippen LogP contribution is 2.51. The van der Waals surface area contributed by atoms with Crippen LogP contribution in [0, 0.1) is 41.5 Å². The lowest BCUT2D eigenvalue weighted by Gasteiger charge is -2.22. The molecule has 0 N–H and O–H groups in total. The molecular weight excluding hydrogens is 925 g/mol. The Morgan fingerprint density at radius 2 is 0.857 bits per heavy atom. The van der Waals surface area contributed by atoms with Crippen LogP contribution in [0.3, 0.4) is 0 Å². The SMILES string of the molecule is C1CCC1.CCC(C)c1ccccc1-c1cc(-c2ccc3c(c2)C(C)(C)c2cc(C)ccc2-3)ccc1C.CCCc1ccc2c(c1)C(C)(C)c1ccccc1-2.Cc1ccccc1.Cc1ccccc1-c1cccc(C)c1C. The topological polar surface area (TPSA) is 0 Å². The maximum absolute atomic E-state index is 2.43. The minimum absolute atomic E-state index is 0.0172. The average molecular weight is 1010 g/mol. The van der Waals surface area contributed by atoms with Crippen molar-refractivity contribution in [2.24, 2.45) is 0 Å². The van der Waals surface area contributed by atoms with E-state index in [0.717, 1.165) is 6.42 Å². The summed E-state index contributed by atoms with van der Waals surface area (Å²) in [5.74, 6) is 0.548. The van der Waals surface area contributed by atoms with Crippen molar-refractivity contribution in [2.45, 2.75) is 152 Å². The lowest BCUT2D eigenvalue weighted by atomic mass is 9.81. The van der Waals surface area contributed by atoms with Gasteiger partial charge in [0.1, 0.15) is 0 Å². The molecule has 0 radical (unpaired) electrons. The minimum atomic E-state index is 0.0172. The van der Waals surface area contributed by atoms with E-state index >= 15 is 0 Å². The monoisotopic (exact) mass is 1010 g/mol. The summed E-state index contributed by atoms with van der Waals surface area (Å²) in [5.41, 5.74) is 30.6. The Hall–Kier alpha value is -7.02. The molecule has 1 saturated carbocycles. The molecule has 0 saturated heterocycles. The lowest BCUT2D eigenvalue weighted by Crippen LogP contribution is -2.15. The molecule has 1 unspecified atom stereocenters. The first kappa shape index (κ1) is 56.2. The zero-order valence-corrected chi connectivity index (χ0v) is 49.0. The fourth-order valence-corrected chi connectivity index (χ4v) is 11.4. The van der Waals surface area contributed by atoms with E-state index in [1.165, 1.54) is 161 Å². The number of aryl methyl sites for hydroxylation is 6. The minimum Gasteiger partial charge on any atom is -0.0651 e. The Balaban J connectivity index is 0.000000149. The molecule has 1 atom stereocenters. The molecule has 0 heteroatoms. The second kappa shape index (κ2) is 25.0. The highest BCUT2D eigenvalue weighted by atomic mass is 14.4. The number of hydrogen-bond acceptors (Lipinski definition) is 0. The van der Waals surface area contributed by atoms with Crippen LogP contribution < -0.4 is 0 Å². The first-order chi connectivity index (χ1) is 37.0. The first-order valence-corrected chi connectivity index (χ1v) is 28.9. The van der Waals surface area contributed by atoms with Crippen molar-refractivity contribution in [3.05, 3.63) is 261 Å². The maximum atomic E-state index is 2.43. The zero-order valence-electron chi connectivity index (χ0n) is 49.0. The largest absolute Gasteiger partial charge is 0.0651 e. The van der Waals surface area contributed by atoms with Crippen LogP contribution in [-0.4, -0.2) is 0 Å². The van der Waals surface area contributed by atoms with Gasteiger partial charge in [0.15, 0.2) is 0 Å². The van der Waals surface area contributed by atoms with E-state index in [1.807, 2.05) is 18.2 Å². The Labute approximate surface area is 465 Å². The van der Waals surface area contributed by atoms with Crippen LogP contribution in [-0.2, 0) is 17.3 Å². The molecule has 0 bridgehead atoms. The summed E-state index contributed by atoms with van der Waals surface area (Å²) in [7, 11) is 0. The van der Waals surface area contributed by atoms with Crippen LogP contribution in [0.1, 0.15) is 160 Å². The fourth-order valence-electron chi connectivity index (χ4n) is 11.4. The molecule has 3 aliphatic carbocycles. The van der Waals surface area contributed by atoms with Crippen LogP contribution >= 0.6 is 0 Å². The van der Waals surface area contributed by atoms with Crippen molar-refractivity contribution in [3.8, 4) is 55.6 Å². The molecule has 0 heterocycles. The predicted octanol–water partition coefficient (Wildman–Crippen LogP) is 22.2. The van der Waals surface area contributed by atoms with E-state index in [2.05, 4.69) is 266 Å². The van der Waals surface area contributed by atoms with Crippen molar-refractivity contribution in [1.29, 1.82) is 0 Å². The molecule has 0 aromatic heterocycles. The molecule has 1 fully saturated rings. The molecule has 0 nitrogen and oxygen atoms in total. The van der Waals surface area contributed by atoms with Gasteiger partial charge < -0.3 is 0 Å². The highest BCUT2D eigenvalue weighted by Gasteiger charge is 2.36. The number of fused-ring (bicyclic) bond motifs is 6. The van der Waals surface area contributed by atoms with Crippen LogP contribution in [0.15, 0.2) is 194 Å². The van der Waals surface area contributed by atoms with Gasteiger partial charge in [-0.2, -0.15) is 0 Å². The summed E-state index contributed by atoms with van der Waals surface area (Å²) in [6.45, 7) is 29.3. The second-order valence-corrected chi connectivity index (χ2v) is 23.3. The van der Waals surface area contributed by atoms with Gasteiger partial charge in [-0.1, -0.05) is 274 Å². The highest BCUT2D eigenvalue weighted by molar-refractivity contribution is 5.85. The summed E-state index contributed by atoms with van der Waals surface area (Å²) < 4.78 is 0. The lowest BCUT2D eigenvalue weighted by molar-refractivity contribution is 0.504. The number of benzene rings is 9. The normalized spacial score (nSPS) is 13.9. The van der Waals surface area contributed by atoms with E-state index in [9.17, 15) is 0 Å². The number of hydrogen-bond donors (Lipinski definition) is 0. The average Bonchev–Trinajstić information content (AvgIpc) is 3.82. The predicted molar refractivity (Wildman–Crippen MR) is 337 cm³/mol. The summed E-state index contributed by atoms with van der Waals surface area (Å²) in [4.78, 5) is 0. The first-order valence-electron chi connectivity index (χ1n) is 28.9. The zero-order chi connectivity index (χ0) is 54.9. The van der Waals surface area contributed by atoms with Crippen molar-refractivity contribution in [2.75, 3.05) is 0 Å². The van der Waals surface area contributed by atoms with E-state index < -0.39 is 0 Å². The Morgan fingerprint density at radius 3 is 1.49 bits per heavy atom. The molecule has 394 valence electrons. The molecule has 3 aliphatic rings. The summed E-state index contributed by atoms with van der Waals surface area (Å²) in [6, 6.07) is 71.0.